The highest BCUT2D eigenvalue weighted by Gasteiger charge is 2.32. The third kappa shape index (κ3) is 2.31. The summed E-state index contributed by atoms with van der Waals surface area (Å²) in [6.07, 6.45) is 1.29. The second kappa shape index (κ2) is 5.07. The van der Waals surface area contributed by atoms with Crippen molar-refractivity contribution in [3.05, 3.63) is 35.4 Å². The van der Waals surface area contributed by atoms with Crippen LogP contribution in [0.4, 0.5) is 0 Å². The number of carbonyl (C=O) groups is 3. The smallest absolute Gasteiger partial charge is 0.243 e. The molecule has 5 nitrogen and oxygen atoms in total. The van der Waals surface area contributed by atoms with Crippen LogP contribution in [0.25, 0.3) is 0 Å². The monoisotopic (exact) mass is 272 g/mol. The lowest BCUT2D eigenvalue weighted by atomic mass is 10.00. The largest absolute Gasteiger partial charge is 0.336 e. The van der Waals surface area contributed by atoms with Crippen molar-refractivity contribution in [1.82, 2.24) is 9.80 Å². The molecule has 0 spiro atoms. The van der Waals surface area contributed by atoms with Crippen molar-refractivity contribution < 1.29 is 14.4 Å². The number of rotatable bonds is 2. The van der Waals surface area contributed by atoms with Crippen molar-refractivity contribution >= 4 is 17.7 Å². The molecule has 0 bridgehead atoms. The van der Waals surface area contributed by atoms with Gasteiger partial charge in [-0.3, -0.25) is 19.3 Å². The molecule has 3 rings (SSSR count). The normalized spacial score (nSPS) is 18.4. The van der Waals surface area contributed by atoms with Crippen LogP contribution in [-0.2, 0) is 27.3 Å². The number of hydrogen-bond donors (Lipinski definition) is 0. The van der Waals surface area contributed by atoms with E-state index in [0.717, 1.165) is 16.9 Å². The van der Waals surface area contributed by atoms with Crippen LogP contribution < -0.4 is 0 Å². The van der Waals surface area contributed by atoms with E-state index in [0.29, 0.717) is 13.1 Å². The van der Waals surface area contributed by atoms with Gasteiger partial charge in [0, 0.05) is 25.9 Å². The van der Waals surface area contributed by atoms with E-state index >= 15 is 0 Å². The Morgan fingerprint density at radius 1 is 1.00 bits per heavy atom. The average Bonchev–Trinajstić information content (AvgIpc) is 2.78. The molecule has 104 valence electrons. The molecule has 0 aromatic heterocycles. The van der Waals surface area contributed by atoms with Crippen molar-refractivity contribution in [2.75, 3.05) is 13.1 Å². The molecule has 1 saturated heterocycles. The number of imide groups is 1. The fourth-order valence-corrected chi connectivity index (χ4v) is 2.74. The summed E-state index contributed by atoms with van der Waals surface area (Å²) in [5.41, 5.74) is 2.41. The van der Waals surface area contributed by atoms with Gasteiger partial charge in [0.25, 0.3) is 0 Å². The van der Waals surface area contributed by atoms with Crippen molar-refractivity contribution in [2.45, 2.75) is 25.8 Å². The maximum absolute atomic E-state index is 12.2. The van der Waals surface area contributed by atoms with Gasteiger partial charge in [-0.05, 0) is 17.5 Å². The Bertz CT molecular complexity index is 566. The van der Waals surface area contributed by atoms with Crippen LogP contribution in [0.3, 0.4) is 0 Å². The molecule has 1 aromatic rings. The number of carbonyl (C=O) groups excluding carboxylic acids is 3. The van der Waals surface area contributed by atoms with E-state index in [9.17, 15) is 14.4 Å². The van der Waals surface area contributed by atoms with E-state index in [1.807, 2.05) is 18.2 Å². The van der Waals surface area contributed by atoms with E-state index in [1.54, 1.807) is 4.90 Å². The van der Waals surface area contributed by atoms with E-state index < -0.39 is 0 Å². The van der Waals surface area contributed by atoms with E-state index in [-0.39, 0.29) is 37.1 Å². The van der Waals surface area contributed by atoms with Gasteiger partial charge in [-0.25, -0.2) is 0 Å². The van der Waals surface area contributed by atoms with Crippen LogP contribution in [0.15, 0.2) is 24.3 Å². The van der Waals surface area contributed by atoms with Gasteiger partial charge in [0.1, 0.15) is 6.54 Å². The molecule has 0 saturated carbocycles. The van der Waals surface area contributed by atoms with Crippen LogP contribution in [0.2, 0.25) is 0 Å². The average molecular weight is 272 g/mol. The van der Waals surface area contributed by atoms with Crippen LogP contribution in [0.5, 0.6) is 0 Å². The second-order valence-corrected chi connectivity index (χ2v) is 5.21. The summed E-state index contributed by atoms with van der Waals surface area (Å²) in [4.78, 5) is 38.1. The summed E-state index contributed by atoms with van der Waals surface area (Å²) >= 11 is 0. The van der Waals surface area contributed by atoms with Crippen molar-refractivity contribution in [2.24, 2.45) is 0 Å². The first kappa shape index (κ1) is 12.8. The third-order valence-electron chi connectivity index (χ3n) is 3.93. The first-order valence-electron chi connectivity index (χ1n) is 6.83. The number of likely N-dealkylation sites (tertiary alicyclic amines) is 1. The molecule has 1 aromatic carbocycles. The van der Waals surface area contributed by atoms with E-state index in [1.165, 1.54) is 5.56 Å². The molecule has 5 heteroatoms. The zero-order valence-corrected chi connectivity index (χ0v) is 11.2. The van der Waals surface area contributed by atoms with Gasteiger partial charge in [-0.15, -0.1) is 0 Å². The number of fused-ring (bicyclic) bond motifs is 1. The van der Waals surface area contributed by atoms with Crippen molar-refractivity contribution in [3.63, 3.8) is 0 Å². The van der Waals surface area contributed by atoms with E-state index in [2.05, 4.69) is 6.07 Å². The first-order valence-corrected chi connectivity index (χ1v) is 6.83. The SMILES string of the molecule is O=C(CN1C(=O)CCC1=O)N1CCc2ccccc2C1. The highest BCUT2D eigenvalue weighted by Crippen LogP contribution is 2.19. The van der Waals surface area contributed by atoms with Gasteiger partial charge in [0.2, 0.25) is 17.7 Å². The maximum Gasteiger partial charge on any atom is 0.243 e. The topological polar surface area (TPSA) is 57.7 Å². The van der Waals surface area contributed by atoms with Crippen LogP contribution in [0, 0.1) is 0 Å². The van der Waals surface area contributed by atoms with Gasteiger partial charge < -0.3 is 4.90 Å². The summed E-state index contributed by atoms with van der Waals surface area (Å²) in [7, 11) is 0. The molecule has 20 heavy (non-hydrogen) atoms. The predicted octanol–water partition coefficient (Wildman–Crippen LogP) is 0.720. The lowest BCUT2D eigenvalue weighted by Gasteiger charge is -2.30. The number of amides is 3. The van der Waals surface area contributed by atoms with Crippen LogP contribution >= 0.6 is 0 Å². The Kier molecular flexibility index (Phi) is 3.26. The minimum absolute atomic E-state index is 0.111. The zero-order valence-electron chi connectivity index (χ0n) is 11.2. The Morgan fingerprint density at radius 2 is 1.65 bits per heavy atom. The van der Waals surface area contributed by atoms with Gasteiger partial charge in [0.15, 0.2) is 0 Å². The third-order valence-corrected chi connectivity index (χ3v) is 3.93. The maximum atomic E-state index is 12.2. The molecular weight excluding hydrogens is 256 g/mol. The van der Waals surface area contributed by atoms with Crippen LogP contribution in [-0.4, -0.2) is 40.6 Å². The minimum atomic E-state index is -0.235. The standard InChI is InChI=1S/C15H16N2O3/c18-13-5-6-14(19)17(13)10-15(20)16-8-7-11-3-1-2-4-12(11)9-16/h1-4H,5-10H2. The Balaban J connectivity index is 1.67. The molecule has 1 fully saturated rings. The lowest BCUT2D eigenvalue weighted by Crippen LogP contribution is -2.44. The second-order valence-electron chi connectivity index (χ2n) is 5.21. The zero-order chi connectivity index (χ0) is 14.1. The fourth-order valence-electron chi connectivity index (χ4n) is 2.74. The Hall–Kier alpha value is -2.17. The van der Waals surface area contributed by atoms with Gasteiger partial charge in [0.05, 0.1) is 0 Å². The molecule has 2 aliphatic heterocycles. The molecule has 0 N–H and O–H groups in total. The summed E-state index contributed by atoms with van der Waals surface area (Å²) in [6.45, 7) is 1.09. The molecule has 2 heterocycles. The summed E-state index contributed by atoms with van der Waals surface area (Å²) in [6, 6.07) is 8.05. The van der Waals surface area contributed by atoms with Gasteiger partial charge in [-0.2, -0.15) is 0 Å². The molecule has 3 amide bonds. The number of nitrogens with zero attached hydrogens (tertiary/aromatic N) is 2. The van der Waals surface area contributed by atoms with Crippen molar-refractivity contribution in [3.8, 4) is 0 Å². The Morgan fingerprint density at radius 3 is 2.35 bits per heavy atom. The molecule has 0 radical (unpaired) electrons. The fraction of sp³-hybridized carbons (Fsp3) is 0.400. The molecule has 0 atom stereocenters. The molecule has 2 aliphatic rings. The molecule has 0 aliphatic carbocycles. The first-order chi connectivity index (χ1) is 9.65. The Labute approximate surface area is 117 Å². The summed E-state index contributed by atoms with van der Waals surface area (Å²) in [5.74, 6) is -0.621. The highest BCUT2D eigenvalue weighted by atomic mass is 16.2. The van der Waals surface area contributed by atoms with Gasteiger partial charge >= 0.3 is 0 Å². The minimum Gasteiger partial charge on any atom is -0.336 e. The summed E-state index contributed by atoms with van der Waals surface area (Å²) in [5, 5.41) is 0. The van der Waals surface area contributed by atoms with Crippen LogP contribution in [0.1, 0.15) is 24.0 Å². The summed E-state index contributed by atoms with van der Waals surface area (Å²) < 4.78 is 0. The molecule has 0 unspecified atom stereocenters. The number of benzene rings is 1. The quantitative estimate of drug-likeness (QED) is 0.745. The molecular formula is C15H16N2O3. The number of hydrogen-bond acceptors (Lipinski definition) is 3. The highest BCUT2D eigenvalue weighted by molar-refractivity contribution is 6.04. The van der Waals surface area contributed by atoms with E-state index in [4.69, 9.17) is 0 Å². The predicted molar refractivity (Wildman–Crippen MR) is 71.5 cm³/mol. The lowest BCUT2D eigenvalue weighted by molar-refractivity contribution is -0.145. The van der Waals surface area contributed by atoms with Crippen molar-refractivity contribution in [1.29, 1.82) is 0 Å². The van der Waals surface area contributed by atoms with Gasteiger partial charge in [-0.1, -0.05) is 24.3 Å².